The SMILES string of the molecule is CC(C)c1ccc(CN2CCCC(O)(CNC(CO)CO)C2=O)cc1. The van der Waals surface area contributed by atoms with Gasteiger partial charge in [-0.3, -0.25) is 4.79 Å². The summed E-state index contributed by atoms with van der Waals surface area (Å²) in [5, 5.41) is 31.8. The predicted molar refractivity (Wildman–Crippen MR) is 96.1 cm³/mol. The van der Waals surface area contributed by atoms with Gasteiger partial charge in [0.25, 0.3) is 5.91 Å². The van der Waals surface area contributed by atoms with Crippen molar-refractivity contribution >= 4 is 5.91 Å². The maximum absolute atomic E-state index is 12.7. The second-order valence-corrected chi connectivity index (χ2v) is 7.20. The second kappa shape index (κ2) is 8.76. The van der Waals surface area contributed by atoms with E-state index in [4.69, 9.17) is 10.2 Å². The molecule has 1 aromatic carbocycles. The molecule has 6 heteroatoms. The zero-order valence-electron chi connectivity index (χ0n) is 15.1. The summed E-state index contributed by atoms with van der Waals surface area (Å²) in [6.45, 7) is 4.92. The molecule has 1 amide bonds. The predicted octanol–water partition coefficient (Wildman–Crippen LogP) is 0.606. The lowest BCUT2D eigenvalue weighted by Gasteiger charge is -2.39. The molecule has 1 unspecified atom stereocenters. The van der Waals surface area contributed by atoms with E-state index < -0.39 is 11.6 Å². The minimum Gasteiger partial charge on any atom is -0.395 e. The Hall–Kier alpha value is -1.47. The highest BCUT2D eigenvalue weighted by Gasteiger charge is 2.42. The van der Waals surface area contributed by atoms with Crippen LogP contribution in [0.25, 0.3) is 0 Å². The first-order valence-electron chi connectivity index (χ1n) is 8.95. The zero-order valence-corrected chi connectivity index (χ0v) is 15.1. The van der Waals surface area contributed by atoms with Crippen molar-refractivity contribution in [1.82, 2.24) is 10.2 Å². The number of aliphatic hydroxyl groups excluding tert-OH is 2. The summed E-state index contributed by atoms with van der Waals surface area (Å²) in [5.41, 5.74) is 0.811. The fourth-order valence-electron chi connectivity index (χ4n) is 3.11. The molecule has 4 N–H and O–H groups in total. The Morgan fingerprint density at radius 2 is 1.84 bits per heavy atom. The maximum atomic E-state index is 12.7. The number of nitrogens with one attached hydrogen (secondary N) is 1. The number of carbonyl (C=O) groups is 1. The van der Waals surface area contributed by atoms with Gasteiger partial charge in [0.1, 0.15) is 0 Å². The van der Waals surface area contributed by atoms with Gasteiger partial charge in [0.15, 0.2) is 5.60 Å². The summed E-state index contributed by atoms with van der Waals surface area (Å²) in [7, 11) is 0. The number of hydrogen-bond acceptors (Lipinski definition) is 5. The molecule has 1 heterocycles. The molecule has 0 aliphatic carbocycles. The van der Waals surface area contributed by atoms with E-state index in [1.807, 2.05) is 12.1 Å². The molecule has 25 heavy (non-hydrogen) atoms. The molecule has 0 spiro atoms. The molecule has 1 saturated heterocycles. The quantitative estimate of drug-likeness (QED) is 0.551. The Morgan fingerprint density at radius 3 is 2.40 bits per heavy atom. The van der Waals surface area contributed by atoms with Gasteiger partial charge >= 0.3 is 0 Å². The molecule has 140 valence electrons. The van der Waals surface area contributed by atoms with Crippen LogP contribution in [0.3, 0.4) is 0 Å². The lowest BCUT2D eigenvalue weighted by Crippen LogP contribution is -2.59. The number of nitrogens with zero attached hydrogens (tertiary/aromatic N) is 1. The number of rotatable bonds is 8. The average molecular weight is 350 g/mol. The normalized spacial score (nSPS) is 21.4. The van der Waals surface area contributed by atoms with Gasteiger partial charge in [0.05, 0.1) is 19.3 Å². The monoisotopic (exact) mass is 350 g/mol. The first kappa shape index (κ1) is 19.8. The molecule has 1 atom stereocenters. The van der Waals surface area contributed by atoms with Crippen molar-refractivity contribution < 1.29 is 20.1 Å². The zero-order chi connectivity index (χ0) is 18.4. The van der Waals surface area contributed by atoms with Crippen molar-refractivity contribution in [3.05, 3.63) is 35.4 Å². The first-order chi connectivity index (χ1) is 11.9. The number of carbonyl (C=O) groups excluding carboxylic acids is 1. The number of likely N-dealkylation sites (tertiary alicyclic amines) is 1. The summed E-state index contributed by atoms with van der Waals surface area (Å²) in [6, 6.07) is 7.69. The molecule has 0 aromatic heterocycles. The van der Waals surface area contributed by atoms with E-state index in [0.717, 1.165) is 12.0 Å². The minimum atomic E-state index is -1.49. The van der Waals surface area contributed by atoms with Crippen LogP contribution in [0, 0.1) is 0 Å². The summed E-state index contributed by atoms with van der Waals surface area (Å²) < 4.78 is 0. The molecule has 1 aliphatic heterocycles. The van der Waals surface area contributed by atoms with E-state index in [2.05, 4.69) is 31.3 Å². The highest BCUT2D eigenvalue weighted by atomic mass is 16.3. The van der Waals surface area contributed by atoms with Crippen molar-refractivity contribution in [1.29, 1.82) is 0 Å². The van der Waals surface area contributed by atoms with Crippen LogP contribution < -0.4 is 5.32 Å². The van der Waals surface area contributed by atoms with Crippen molar-refractivity contribution in [2.45, 2.75) is 50.8 Å². The number of benzene rings is 1. The number of piperidine rings is 1. The van der Waals surface area contributed by atoms with Crippen LogP contribution in [-0.2, 0) is 11.3 Å². The maximum Gasteiger partial charge on any atom is 0.256 e. The number of hydrogen-bond donors (Lipinski definition) is 4. The van der Waals surface area contributed by atoms with Crippen LogP contribution in [0.15, 0.2) is 24.3 Å². The molecular formula is C19H30N2O4. The Labute approximate surface area is 149 Å². The second-order valence-electron chi connectivity index (χ2n) is 7.20. The van der Waals surface area contributed by atoms with Gasteiger partial charge in [-0.1, -0.05) is 38.1 Å². The lowest BCUT2D eigenvalue weighted by molar-refractivity contribution is -0.157. The molecule has 2 rings (SSSR count). The van der Waals surface area contributed by atoms with Crippen molar-refractivity contribution in [2.24, 2.45) is 0 Å². The Bertz CT molecular complexity index is 557. The van der Waals surface area contributed by atoms with Gasteiger partial charge < -0.3 is 25.5 Å². The van der Waals surface area contributed by atoms with Crippen LogP contribution >= 0.6 is 0 Å². The fraction of sp³-hybridized carbons (Fsp3) is 0.632. The van der Waals surface area contributed by atoms with E-state index >= 15 is 0 Å². The third-order valence-electron chi connectivity index (χ3n) is 4.85. The van der Waals surface area contributed by atoms with Crippen LogP contribution in [0.4, 0.5) is 0 Å². The number of amides is 1. The number of aliphatic hydroxyl groups is 3. The molecule has 1 aromatic rings. The summed E-state index contributed by atoms with van der Waals surface area (Å²) in [4.78, 5) is 14.4. The minimum absolute atomic E-state index is 0.0282. The van der Waals surface area contributed by atoms with Gasteiger partial charge in [-0.15, -0.1) is 0 Å². The van der Waals surface area contributed by atoms with Crippen LogP contribution in [0.1, 0.15) is 43.7 Å². The van der Waals surface area contributed by atoms with E-state index in [9.17, 15) is 9.90 Å². The Kier molecular flexibility index (Phi) is 6.95. The molecule has 1 fully saturated rings. The van der Waals surface area contributed by atoms with Crippen molar-refractivity contribution in [3.63, 3.8) is 0 Å². The summed E-state index contributed by atoms with van der Waals surface area (Å²) >= 11 is 0. The molecule has 6 nitrogen and oxygen atoms in total. The van der Waals surface area contributed by atoms with E-state index in [1.165, 1.54) is 5.56 Å². The van der Waals surface area contributed by atoms with Gasteiger partial charge in [0.2, 0.25) is 0 Å². The average Bonchev–Trinajstić information content (AvgIpc) is 2.60. The Balaban J connectivity index is 2.00. The van der Waals surface area contributed by atoms with Crippen LogP contribution in [0.2, 0.25) is 0 Å². The summed E-state index contributed by atoms with van der Waals surface area (Å²) in [6.07, 6.45) is 1.10. The third kappa shape index (κ3) is 5.01. The molecule has 0 saturated carbocycles. The third-order valence-corrected chi connectivity index (χ3v) is 4.85. The first-order valence-corrected chi connectivity index (χ1v) is 8.95. The van der Waals surface area contributed by atoms with Gasteiger partial charge in [-0.25, -0.2) is 0 Å². The van der Waals surface area contributed by atoms with Crippen LogP contribution in [0.5, 0.6) is 0 Å². The highest BCUT2D eigenvalue weighted by molar-refractivity contribution is 5.86. The molecular weight excluding hydrogens is 320 g/mol. The molecule has 1 aliphatic rings. The van der Waals surface area contributed by atoms with Crippen molar-refractivity contribution in [3.8, 4) is 0 Å². The highest BCUT2D eigenvalue weighted by Crippen LogP contribution is 2.24. The van der Waals surface area contributed by atoms with Gasteiger partial charge in [0, 0.05) is 19.6 Å². The molecule has 0 radical (unpaired) electrons. The standard InChI is InChI=1S/C19H30N2O4/c1-14(2)16-6-4-15(5-7-16)10-21-9-3-8-19(25,18(21)24)13-20-17(11-22)12-23/h4-7,14,17,20,22-23,25H,3,8-13H2,1-2H3. The lowest BCUT2D eigenvalue weighted by atomic mass is 9.91. The fourth-order valence-corrected chi connectivity index (χ4v) is 3.11. The van der Waals surface area contributed by atoms with Gasteiger partial charge in [-0.05, 0) is 29.9 Å². The van der Waals surface area contributed by atoms with Crippen molar-refractivity contribution in [2.75, 3.05) is 26.3 Å². The van der Waals surface area contributed by atoms with Gasteiger partial charge in [-0.2, -0.15) is 0 Å². The van der Waals surface area contributed by atoms with E-state index in [0.29, 0.717) is 25.4 Å². The van der Waals surface area contributed by atoms with Crippen LogP contribution in [-0.4, -0.2) is 64.1 Å². The topological polar surface area (TPSA) is 93.0 Å². The van der Waals surface area contributed by atoms with E-state index in [-0.39, 0.29) is 25.7 Å². The summed E-state index contributed by atoms with van der Waals surface area (Å²) in [5.74, 6) is 0.168. The smallest absolute Gasteiger partial charge is 0.256 e. The largest absolute Gasteiger partial charge is 0.395 e. The van der Waals surface area contributed by atoms with E-state index in [1.54, 1.807) is 4.90 Å². The molecule has 0 bridgehead atoms. The Morgan fingerprint density at radius 1 is 1.20 bits per heavy atom.